The standard InChI is InChI=1S/C12H20O2/c1-5-9(13)12(6-7-12)10(14)8-11(2,3)4/h5-8H2,1-4H3. The first kappa shape index (κ1) is 11.4. The van der Waals surface area contributed by atoms with Crippen molar-refractivity contribution in [2.75, 3.05) is 0 Å². The van der Waals surface area contributed by atoms with E-state index in [1.807, 2.05) is 27.7 Å². The molecule has 0 atom stereocenters. The Balaban J connectivity index is 2.66. The first-order valence-electron chi connectivity index (χ1n) is 5.38. The van der Waals surface area contributed by atoms with E-state index < -0.39 is 5.41 Å². The zero-order valence-corrected chi connectivity index (χ0v) is 9.64. The highest BCUT2D eigenvalue weighted by molar-refractivity contribution is 6.09. The Morgan fingerprint density at radius 2 is 1.64 bits per heavy atom. The van der Waals surface area contributed by atoms with E-state index in [9.17, 15) is 9.59 Å². The van der Waals surface area contributed by atoms with Crippen LogP contribution in [-0.4, -0.2) is 11.6 Å². The second kappa shape index (κ2) is 3.48. The van der Waals surface area contributed by atoms with Crippen molar-refractivity contribution in [3.63, 3.8) is 0 Å². The summed E-state index contributed by atoms with van der Waals surface area (Å²) < 4.78 is 0. The Morgan fingerprint density at radius 1 is 1.14 bits per heavy atom. The molecule has 0 aliphatic heterocycles. The van der Waals surface area contributed by atoms with Crippen molar-refractivity contribution in [3.8, 4) is 0 Å². The molecule has 1 saturated carbocycles. The number of ketones is 2. The third-order valence-corrected chi connectivity index (χ3v) is 2.83. The number of carbonyl (C=O) groups is 2. The van der Waals surface area contributed by atoms with Gasteiger partial charge in [0.25, 0.3) is 0 Å². The molecule has 80 valence electrons. The smallest absolute Gasteiger partial charge is 0.146 e. The summed E-state index contributed by atoms with van der Waals surface area (Å²) in [6, 6.07) is 0. The fourth-order valence-electron chi connectivity index (χ4n) is 1.83. The number of carbonyl (C=O) groups excluding carboxylic acids is 2. The molecular weight excluding hydrogens is 176 g/mol. The van der Waals surface area contributed by atoms with Gasteiger partial charge in [-0.2, -0.15) is 0 Å². The molecule has 0 aromatic heterocycles. The predicted molar refractivity (Wildman–Crippen MR) is 56.0 cm³/mol. The molecule has 2 heteroatoms. The Hall–Kier alpha value is -0.660. The lowest BCUT2D eigenvalue weighted by molar-refractivity contribution is -0.135. The van der Waals surface area contributed by atoms with Crippen LogP contribution >= 0.6 is 0 Å². The third kappa shape index (κ3) is 2.23. The molecule has 0 saturated heterocycles. The first-order chi connectivity index (χ1) is 6.32. The van der Waals surface area contributed by atoms with Gasteiger partial charge in [0, 0.05) is 12.8 Å². The van der Waals surface area contributed by atoms with Crippen LogP contribution in [-0.2, 0) is 9.59 Å². The minimum atomic E-state index is -0.554. The highest BCUT2D eigenvalue weighted by atomic mass is 16.2. The Bertz CT molecular complexity index is 254. The summed E-state index contributed by atoms with van der Waals surface area (Å²) in [7, 11) is 0. The van der Waals surface area contributed by atoms with Gasteiger partial charge in [-0.05, 0) is 18.3 Å². The van der Waals surface area contributed by atoms with Gasteiger partial charge in [-0.25, -0.2) is 0 Å². The Labute approximate surface area is 86.1 Å². The van der Waals surface area contributed by atoms with Crippen molar-refractivity contribution in [2.45, 2.75) is 53.4 Å². The van der Waals surface area contributed by atoms with Gasteiger partial charge in [0.05, 0.1) is 5.41 Å². The molecule has 1 aliphatic carbocycles. The molecule has 0 spiro atoms. The van der Waals surface area contributed by atoms with Gasteiger partial charge >= 0.3 is 0 Å². The summed E-state index contributed by atoms with van der Waals surface area (Å²) in [5, 5.41) is 0. The van der Waals surface area contributed by atoms with Gasteiger partial charge in [0.15, 0.2) is 0 Å². The zero-order chi connectivity index (χ0) is 11.0. The minimum Gasteiger partial charge on any atom is -0.299 e. The van der Waals surface area contributed by atoms with E-state index in [0.29, 0.717) is 12.8 Å². The van der Waals surface area contributed by atoms with E-state index in [-0.39, 0.29) is 17.0 Å². The minimum absolute atomic E-state index is 0.000689. The second-order valence-corrected chi connectivity index (χ2v) is 5.52. The number of hydrogen-bond acceptors (Lipinski definition) is 2. The Morgan fingerprint density at radius 3 is 1.93 bits per heavy atom. The summed E-state index contributed by atoms with van der Waals surface area (Å²) in [4.78, 5) is 23.5. The maximum atomic E-state index is 11.9. The lowest BCUT2D eigenvalue weighted by atomic mass is 9.82. The van der Waals surface area contributed by atoms with Crippen LogP contribution in [0.5, 0.6) is 0 Å². The zero-order valence-electron chi connectivity index (χ0n) is 9.64. The highest BCUT2D eigenvalue weighted by Gasteiger charge is 2.54. The molecule has 0 N–H and O–H groups in total. The van der Waals surface area contributed by atoms with Gasteiger partial charge in [-0.1, -0.05) is 27.7 Å². The number of rotatable bonds is 4. The largest absolute Gasteiger partial charge is 0.299 e. The fraction of sp³-hybridized carbons (Fsp3) is 0.833. The molecule has 0 aromatic carbocycles. The molecule has 0 aromatic rings. The van der Waals surface area contributed by atoms with Crippen LogP contribution in [0.15, 0.2) is 0 Å². The summed E-state index contributed by atoms with van der Waals surface area (Å²) in [5.41, 5.74) is -0.553. The van der Waals surface area contributed by atoms with Crippen molar-refractivity contribution in [1.82, 2.24) is 0 Å². The molecule has 0 unspecified atom stereocenters. The molecule has 0 bridgehead atoms. The molecule has 0 radical (unpaired) electrons. The highest BCUT2D eigenvalue weighted by Crippen LogP contribution is 2.50. The summed E-state index contributed by atoms with van der Waals surface area (Å²) in [6.45, 7) is 7.96. The SMILES string of the molecule is CCC(=O)C1(C(=O)CC(C)(C)C)CC1. The van der Waals surface area contributed by atoms with Gasteiger partial charge in [-0.15, -0.1) is 0 Å². The molecule has 0 amide bonds. The summed E-state index contributed by atoms with van der Waals surface area (Å²) >= 11 is 0. The van der Waals surface area contributed by atoms with E-state index in [4.69, 9.17) is 0 Å². The maximum absolute atomic E-state index is 11.9. The van der Waals surface area contributed by atoms with Crippen LogP contribution in [0.3, 0.4) is 0 Å². The molecule has 14 heavy (non-hydrogen) atoms. The summed E-state index contributed by atoms with van der Waals surface area (Å²) in [5.74, 6) is 0.309. The second-order valence-electron chi connectivity index (χ2n) is 5.52. The predicted octanol–water partition coefficient (Wildman–Crippen LogP) is 2.75. The van der Waals surface area contributed by atoms with Crippen molar-refractivity contribution in [2.24, 2.45) is 10.8 Å². The van der Waals surface area contributed by atoms with Crippen LogP contribution < -0.4 is 0 Å². The molecular formula is C12H20O2. The van der Waals surface area contributed by atoms with Gasteiger partial charge in [0.1, 0.15) is 11.6 Å². The van der Waals surface area contributed by atoms with Gasteiger partial charge in [-0.3, -0.25) is 9.59 Å². The fourth-order valence-corrected chi connectivity index (χ4v) is 1.83. The maximum Gasteiger partial charge on any atom is 0.146 e. The van der Waals surface area contributed by atoms with Crippen molar-refractivity contribution < 1.29 is 9.59 Å². The number of hydrogen-bond donors (Lipinski definition) is 0. The topological polar surface area (TPSA) is 34.1 Å². The van der Waals surface area contributed by atoms with E-state index >= 15 is 0 Å². The Kier molecular flexibility index (Phi) is 2.84. The molecule has 1 fully saturated rings. The summed E-state index contributed by atoms with van der Waals surface area (Å²) in [6.07, 6.45) is 2.60. The van der Waals surface area contributed by atoms with Crippen LogP contribution in [0.2, 0.25) is 0 Å². The van der Waals surface area contributed by atoms with Crippen molar-refractivity contribution >= 4 is 11.6 Å². The lowest BCUT2D eigenvalue weighted by Crippen LogP contribution is -2.28. The molecule has 2 nitrogen and oxygen atoms in total. The first-order valence-corrected chi connectivity index (χ1v) is 5.38. The van der Waals surface area contributed by atoms with Gasteiger partial charge < -0.3 is 0 Å². The van der Waals surface area contributed by atoms with Crippen LogP contribution in [0.25, 0.3) is 0 Å². The van der Waals surface area contributed by atoms with E-state index in [2.05, 4.69) is 0 Å². The van der Waals surface area contributed by atoms with Crippen LogP contribution in [0, 0.1) is 10.8 Å². The molecule has 1 aliphatic rings. The van der Waals surface area contributed by atoms with Crippen LogP contribution in [0.1, 0.15) is 53.4 Å². The monoisotopic (exact) mass is 196 g/mol. The average molecular weight is 196 g/mol. The normalized spacial score (nSPS) is 19.1. The lowest BCUT2D eigenvalue weighted by Gasteiger charge is -2.20. The van der Waals surface area contributed by atoms with Crippen LogP contribution in [0.4, 0.5) is 0 Å². The quantitative estimate of drug-likeness (QED) is 0.648. The van der Waals surface area contributed by atoms with E-state index in [0.717, 1.165) is 12.8 Å². The van der Waals surface area contributed by atoms with Crippen molar-refractivity contribution in [3.05, 3.63) is 0 Å². The van der Waals surface area contributed by atoms with Gasteiger partial charge in [0.2, 0.25) is 0 Å². The van der Waals surface area contributed by atoms with E-state index in [1.54, 1.807) is 0 Å². The number of Topliss-reactive ketones (excluding diaryl/α,β-unsaturated/α-hetero) is 2. The average Bonchev–Trinajstić information content (AvgIpc) is 2.80. The third-order valence-electron chi connectivity index (χ3n) is 2.83. The molecule has 0 heterocycles. The van der Waals surface area contributed by atoms with Crippen molar-refractivity contribution in [1.29, 1.82) is 0 Å². The molecule has 1 rings (SSSR count). The van der Waals surface area contributed by atoms with E-state index in [1.165, 1.54) is 0 Å².